The van der Waals surface area contributed by atoms with Gasteiger partial charge in [-0.1, -0.05) is 5.10 Å². The van der Waals surface area contributed by atoms with Crippen molar-refractivity contribution < 1.29 is 40.3 Å². The molecule has 0 spiro atoms. The Balaban J connectivity index is 1.37. The number of methoxy groups -OCH3 is 1. The number of halogens is 3. The van der Waals surface area contributed by atoms with Gasteiger partial charge in [-0.15, -0.1) is 5.10 Å². The fourth-order valence-corrected chi connectivity index (χ4v) is 5.79. The van der Waals surface area contributed by atoms with Gasteiger partial charge in [0.25, 0.3) is 0 Å². The van der Waals surface area contributed by atoms with Crippen molar-refractivity contribution in [2.45, 2.75) is 35.8 Å². The molecule has 1 amide bonds. The summed E-state index contributed by atoms with van der Waals surface area (Å²) in [5.41, 5.74) is 0.0244. The summed E-state index contributed by atoms with van der Waals surface area (Å²) >= 11 is 0. The summed E-state index contributed by atoms with van der Waals surface area (Å²) in [6.45, 7) is 0. The maximum absolute atomic E-state index is 13.3. The summed E-state index contributed by atoms with van der Waals surface area (Å²) in [5, 5.41) is 11.3. The van der Waals surface area contributed by atoms with E-state index in [9.17, 15) is 31.2 Å². The topological polar surface area (TPSA) is 140 Å². The summed E-state index contributed by atoms with van der Waals surface area (Å²) in [4.78, 5) is 24.2. The molecule has 2 aromatic carbocycles. The number of esters is 1. The van der Waals surface area contributed by atoms with Crippen LogP contribution in [-0.2, 0) is 19.4 Å². The highest BCUT2D eigenvalue weighted by Crippen LogP contribution is 2.33. The molecule has 2 N–H and O–H groups in total. The number of anilines is 3. The second-order valence-electron chi connectivity index (χ2n) is 8.31. The van der Waals surface area contributed by atoms with E-state index in [2.05, 4.69) is 20.8 Å². The van der Waals surface area contributed by atoms with Gasteiger partial charge in [-0.2, -0.15) is 0 Å². The van der Waals surface area contributed by atoms with Crippen molar-refractivity contribution in [2.24, 2.45) is 5.92 Å². The van der Waals surface area contributed by atoms with Crippen LogP contribution in [0.1, 0.15) is 36.4 Å². The summed E-state index contributed by atoms with van der Waals surface area (Å²) in [7, 11) is -2.34. The molecule has 1 aliphatic rings. The third-order valence-electron chi connectivity index (χ3n) is 5.94. The normalized spacial score (nSPS) is 17.7. The van der Waals surface area contributed by atoms with Gasteiger partial charge in [0.05, 0.1) is 23.2 Å². The molecule has 0 radical (unpaired) electrons. The van der Waals surface area contributed by atoms with E-state index < -0.39 is 44.3 Å². The molecule has 1 fully saturated rings. The molecule has 0 saturated heterocycles. The van der Waals surface area contributed by atoms with Crippen LogP contribution < -0.4 is 10.6 Å². The highest BCUT2D eigenvalue weighted by atomic mass is 32.2. The van der Waals surface area contributed by atoms with Crippen LogP contribution in [0.4, 0.5) is 30.6 Å². The number of aromatic nitrogens is 2. The smallest absolute Gasteiger partial charge is 0.320 e. The predicted octanol–water partition coefficient (Wildman–Crippen LogP) is 3.99. The van der Waals surface area contributed by atoms with Crippen LogP contribution in [0.15, 0.2) is 45.7 Å². The van der Waals surface area contributed by atoms with Gasteiger partial charge in [0.1, 0.15) is 0 Å². The van der Waals surface area contributed by atoms with Gasteiger partial charge < -0.3 is 19.8 Å². The van der Waals surface area contributed by atoms with Crippen molar-refractivity contribution in [3.05, 3.63) is 59.7 Å². The standard InChI is InChI=1S/C23H21F3N4O6S/c1-35-22(32)12-2-6-15(7-3-12)37(33,34)16-8-4-13(5-9-16)27-20(31)21-29-30-23(36-21)28-14-10-17(24)19(26)18(25)11-14/h4-5,8-12,15H,2-3,6-7H2,1H3,(H,27,31)(H,28,30)/t12-,15+. The van der Waals surface area contributed by atoms with E-state index in [0.29, 0.717) is 37.8 Å². The number of carbonyl (C=O) groups excluding carboxylic acids is 2. The lowest BCUT2D eigenvalue weighted by molar-refractivity contribution is -0.146. The number of benzene rings is 2. The number of rotatable bonds is 7. The minimum atomic E-state index is -3.64. The maximum atomic E-state index is 13.3. The van der Waals surface area contributed by atoms with Gasteiger partial charge in [0.2, 0.25) is 0 Å². The Morgan fingerprint density at radius 1 is 0.973 bits per heavy atom. The first kappa shape index (κ1) is 26.1. The third-order valence-corrected chi connectivity index (χ3v) is 8.22. The summed E-state index contributed by atoms with van der Waals surface area (Å²) in [6, 6.07) is 6.46. The SMILES string of the molecule is COC(=O)[C@H]1CC[C@@H](S(=O)(=O)c2ccc(NC(=O)c3nnc(Nc4cc(F)c(F)c(F)c4)o3)cc2)CC1. The number of hydrogen-bond acceptors (Lipinski definition) is 9. The summed E-state index contributed by atoms with van der Waals surface area (Å²) in [6.07, 6.45) is 1.53. The summed E-state index contributed by atoms with van der Waals surface area (Å²) in [5.74, 6) is -6.45. The number of amides is 1. The molecule has 0 unspecified atom stereocenters. The first-order chi connectivity index (χ1) is 17.6. The number of nitrogens with zero attached hydrogens (tertiary/aromatic N) is 2. The van der Waals surface area contributed by atoms with Crippen molar-refractivity contribution in [3.63, 3.8) is 0 Å². The van der Waals surface area contributed by atoms with Crippen LogP contribution >= 0.6 is 0 Å². The average molecular weight is 539 g/mol. The Kier molecular flexibility index (Phi) is 7.47. The molecule has 37 heavy (non-hydrogen) atoms. The Morgan fingerprint density at radius 3 is 2.19 bits per heavy atom. The van der Waals surface area contributed by atoms with E-state index in [1.54, 1.807) is 0 Å². The first-order valence-corrected chi connectivity index (χ1v) is 12.6. The monoisotopic (exact) mass is 538 g/mol. The zero-order valence-electron chi connectivity index (χ0n) is 19.3. The molecule has 1 heterocycles. The van der Waals surface area contributed by atoms with E-state index in [0.717, 1.165) is 0 Å². The van der Waals surface area contributed by atoms with E-state index in [1.807, 2.05) is 0 Å². The minimum Gasteiger partial charge on any atom is -0.469 e. The van der Waals surface area contributed by atoms with Crippen molar-refractivity contribution in [1.82, 2.24) is 10.2 Å². The largest absolute Gasteiger partial charge is 0.469 e. The second kappa shape index (κ2) is 10.6. The van der Waals surface area contributed by atoms with Crippen molar-refractivity contribution >= 4 is 39.1 Å². The number of carbonyl (C=O) groups is 2. The van der Waals surface area contributed by atoms with Gasteiger partial charge in [0.15, 0.2) is 27.3 Å². The van der Waals surface area contributed by atoms with Crippen molar-refractivity contribution in [3.8, 4) is 0 Å². The van der Waals surface area contributed by atoms with Gasteiger partial charge in [-0.3, -0.25) is 9.59 Å². The van der Waals surface area contributed by atoms with Crippen molar-refractivity contribution in [2.75, 3.05) is 17.7 Å². The average Bonchev–Trinajstić information content (AvgIpc) is 3.35. The lowest BCUT2D eigenvalue weighted by atomic mass is 9.89. The molecule has 196 valence electrons. The molecule has 3 aromatic rings. The van der Waals surface area contributed by atoms with Crippen molar-refractivity contribution in [1.29, 1.82) is 0 Å². The molecule has 1 saturated carbocycles. The molecule has 10 nitrogen and oxygen atoms in total. The summed E-state index contributed by atoms with van der Waals surface area (Å²) < 4.78 is 75.6. The number of sulfone groups is 1. The van der Waals surface area contributed by atoms with E-state index in [-0.39, 0.29) is 34.2 Å². The lowest BCUT2D eigenvalue weighted by Crippen LogP contribution is -2.30. The van der Waals surface area contributed by atoms with Crippen LogP contribution in [0.5, 0.6) is 0 Å². The number of hydrogen-bond donors (Lipinski definition) is 2. The zero-order valence-corrected chi connectivity index (χ0v) is 20.1. The number of ether oxygens (including phenoxy) is 1. The van der Waals surface area contributed by atoms with E-state index >= 15 is 0 Å². The highest BCUT2D eigenvalue weighted by Gasteiger charge is 2.34. The number of nitrogens with one attached hydrogen (secondary N) is 2. The van der Waals surface area contributed by atoms with Gasteiger partial charge in [0, 0.05) is 23.5 Å². The quantitative estimate of drug-likeness (QED) is 0.337. The zero-order chi connectivity index (χ0) is 26.7. The Morgan fingerprint density at radius 2 is 1.59 bits per heavy atom. The molecule has 1 aliphatic carbocycles. The molecular weight excluding hydrogens is 517 g/mol. The van der Waals surface area contributed by atoms with E-state index in [1.165, 1.54) is 31.4 Å². The Bertz CT molecular complexity index is 1400. The fraction of sp³-hybridized carbons (Fsp3) is 0.304. The molecule has 4 rings (SSSR count). The Labute approximate surface area is 209 Å². The van der Waals surface area contributed by atoms with Crippen LogP contribution in [0.25, 0.3) is 0 Å². The van der Waals surface area contributed by atoms with Crippen LogP contribution in [0.3, 0.4) is 0 Å². The minimum absolute atomic E-state index is 0.0788. The third kappa shape index (κ3) is 5.74. The van der Waals surface area contributed by atoms with Crippen LogP contribution in [0, 0.1) is 23.4 Å². The Hall–Kier alpha value is -3.94. The second-order valence-corrected chi connectivity index (χ2v) is 10.5. The van der Waals surface area contributed by atoms with Gasteiger partial charge >= 0.3 is 23.8 Å². The molecule has 14 heteroatoms. The molecule has 0 aliphatic heterocycles. The van der Waals surface area contributed by atoms with Gasteiger partial charge in [-0.25, -0.2) is 21.6 Å². The molecule has 0 atom stereocenters. The molecule has 0 bridgehead atoms. The highest BCUT2D eigenvalue weighted by molar-refractivity contribution is 7.92. The van der Waals surface area contributed by atoms with Crippen LogP contribution in [-0.4, -0.2) is 42.9 Å². The van der Waals surface area contributed by atoms with Crippen LogP contribution in [0.2, 0.25) is 0 Å². The predicted molar refractivity (Wildman–Crippen MR) is 123 cm³/mol. The fourth-order valence-electron chi connectivity index (χ4n) is 4.00. The van der Waals surface area contributed by atoms with E-state index in [4.69, 9.17) is 9.15 Å². The van der Waals surface area contributed by atoms with Gasteiger partial charge in [-0.05, 0) is 49.9 Å². The molecule has 1 aromatic heterocycles. The first-order valence-electron chi connectivity index (χ1n) is 11.1. The lowest BCUT2D eigenvalue weighted by Gasteiger charge is -2.26. The maximum Gasteiger partial charge on any atom is 0.320 e. The molecular formula is C23H21F3N4O6S.